The SMILES string of the molecule is CCCCC1=CC(/C=C/OC)C2(C(=O)N(C)C(=O)N(C)C2=O)c2ccccc21. The van der Waals surface area contributed by atoms with Gasteiger partial charge in [0.2, 0.25) is 0 Å². The summed E-state index contributed by atoms with van der Waals surface area (Å²) in [5.41, 5.74) is 1.14. The Balaban J connectivity index is 2.30. The number of nitrogens with zero attached hydrogens (tertiary/aromatic N) is 2. The minimum absolute atomic E-state index is 0.510. The van der Waals surface area contributed by atoms with E-state index in [0.717, 1.165) is 40.2 Å². The van der Waals surface area contributed by atoms with Crippen molar-refractivity contribution in [2.45, 2.75) is 31.6 Å². The van der Waals surface area contributed by atoms with Gasteiger partial charge in [0, 0.05) is 20.0 Å². The number of rotatable bonds is 5. The van der Waals surface area contributed by atoms with Crippen LogP contribution in [-0.2, 0) is 19.7 Å². The van der Waals surface area contributed by atoms with Gasteiger partial charge in [0.25, 0.3) is 11.8 Å². The molecule has 1 saturated heterocycles. The zero-order valence-corrected chi connectivity index (χ0v) is 16.8. The summed E-state index contributed by atoms with van der Waals surface area (Å²) in [7, 11) is 4.37. The Morgan fingerprint density at radius 3 is 2.36 bits per heavy atom. The van der Waals surface area contributed by atoms with Crippen LogP contribution in [0.1, 0.15) is 37.3 Å². The number of urea groups is 1. The van der Waals surface area contributed by atoms with Gasteiger partial charge >= 0.3 is 6.03 Å². The number of imide groups is 2. The molecule has 3 rings (SSSR count). The number of amides is 4. The van der Waals surface area contributed by atoms with Crippen molar-refractivity contribution in [1.82, 2.24) is 9.80 Å². The molecule has 1 aliphatic heterocycles. The predicted octanol–water partition coefficient (Wildman–Crippen LogP) is 3.34. The van der Waals surface area contributed by atoms with Crippen LogP contribution < -0.4 is 0 Å². The van der Waals surface area contributed by atoms with E-state index in [0.29, 0.717) is 5.56 Å². The van der Waals surface area contributed by atoms with E-state index in [4.69, 9.17) is 4.74 Å². The van der Waals surface area contributed by atoms with Crippen molar-refractivity contribution in [2.75, 3.05) is 21.2 Å². The van der Waals surface area contributed by atoms with Crippen LogP contribution in [0.3, 0.4) is 0 Å². The van der Waals surface area contributed by atoms with Gasteiger partial charge in [-0.05, 0) is 35.6 Å². The van der Waals surface area contributed by atoms with Crippen molar-refractivity contribution in [3.8, 4) is 0 Å². The lowest BCUT2D eigenvalue weighted by Gasteiger charge is -2.47. The molecule has 148 valence electrons. The van der Waals surface area contributed by atoms with Crippen LogP contribution in [0.2, 0.25) is 0 Å². The van der Waals surface area contributed by atoms with Crippen molar-refractivity contribution in [3.05, 3.63) is 53.8 Å². The molecule has 2 aliphatic rings. The number of barbiturate groups is 1. The van der Waals surface area contributed by atoms with Crippen LogP contribution in [0, 0.1) is 5.92 Å². The standard InChI is InChI=1S/C22H26N2O4/c1-5-6-9-15-14-16(12-13-28-4)22(18-11-8-7-10-17(15)18)19(25)23(2)21(27)24(3)20(22)26/h7-8,10-14,16H,5-6,9H2,1-4H3/b13-12+. The highest BCUT2D eigenvalue weighted by atomic mass is 16.5. The molecule has 0 radical (unpaired) electrons. The molecule has 1 aromatic carbocycles. The Morgan fingerprint density at radius 2 is 1.75 bits per heavy atom. The average Bonchev–Trinajstić information content (AvgIpc) is 2.72. The van der Waals surface area contributed by atoms with Gasteiger partial charge in [0.05, 0.1) is 13.4 Å². The summed E-state index contributed by atoms with van der Waals surface area (Å²) >= 11 is 0. The van der Waals surface area contributed by atoms with Crippen LogP contribution in [-0.4, -0.2) is 48.9 Å². The highest BCUT2D eigenvalue weighted by Crippen LogP contribution is 2.48. The summed E-state index contributed by atoms with van der Waals surface area (Å²) < 4.78 is 5.10. The third kappa shape index (κ3) is 2.75. The zero-order chi connectivity index (χ0) is 20.5. The number of unbranched alkanes of at least 4 members (excludes halogenated alkanes) is 1. The second kappa shape index (κ2) is 7.62. The van der Waals surface area contributed by atoms with Gasteiger partial charge in [-0.25, -0.2) is 4.79 Å². The summed E-state index contributed by atoms with van der Waals surface area (Å²) in [5, 5.41) is 0. The topological polar surface area (TPSA) is 66.9 Å². The number of allylic oxidation sites excluding steroid dienone is 3. The number of fused-ring (bicyclic) bond motifs is 2. The molecule has 0 N–H and O–H groups in total. The van der Waals surface area contributed by atoms with E-state index in [2.05, 4.69) is 6.92 Å². The Morgan fingerprint density at radius 1 is 1.11 bits per heavy atom. The first kappa shape index (κ1) is 19.9. The molecular formula is C22H26N2O4. The maximum atomic E-state index is 13.5. The predicted molar refractivity (Wildman–Crippen MR) is 106 cm³/mol. The fraction of sp³-hybridized carbons (Fsp3) is 0.409. The number of likely N-dealkylation sites (N-methyl/N-ethyl adjacent to an activating group) is 2. The van der Waals surface area contributed by atoms with Crippen molar-refractivity contribution in [2.24, 2.45) is 5.92 Å². The Kier molecular flexibility index (Phi) is 5.40. The number of benzene rings is 1. The van der Waals surface area contributed by atoms with E-state index in [1.165, 1.54) is 27.5 Å². The summed E-state index contributed by atoms with van der Waals surface area (Å²) in [6, 6.07) is 6.90. The van der Waals surface area contributed by atoms with Crippen LogP contribution in [0.4, 0.5) is 4.79 Å². The Bertz CT molecular complexity index is 847. The molecule has 28 heavy (non-hydrogen) atoms. The molecule has 1 spiro atoms. The first-order valence-electron chi connectivity index (χ1n) is 9.51. The number of hydrogen-bond donors (Lipinski definition) is 0. The fourth-order valence-electron chi connectivity index (χ4n) is 4.20. The molecule has 1 unspecified atom stereocenters. The van der Waals surface area contributed by atoms with Gasteiger partial charge in [-0.1, -0.05) is 43.7 Å². The molecule has 0 bridgehead atoms. The lowest BCUT2D eigenvalue weighted by Crippen LogP contribution is -2.68. The molecule has 1 aromatic rings. The summed E-state index contributed by atoms with van der Waals surface area (Å²) in [5.74, 6) is -1.57. The third-order valence-corrected chi connectivity index (χ3v) is 5.66. The molecule has 1 atom stereocenters. The summed E-state index contributed by atoms with van der Waals surface area (Å²) in [6.45, 7) is 2.13. The molecule has 1 heterocycles. The highest BCUT2D eigenvalue weighted by molar-refractivity contribution is 6.24. The van der Waals surface area contributed by atoms with E-state index in [1.807, 2.05) is 30.3 Å². The average molecular weight is 382 g/mol. The monoisotopic (exact) mass is 382 g/mol. The molecule has 6 nitrogen and oxygen atoms in total. The number of carbonyl (C=O) groups is 3. The second-order valence-corrected chi connectivity index (χ2v) is 7.25. The van der Waals surface area contributed by atoms with Gasteiger partial charge in [-0.3, -0.25) is 19.4 Å². The summed E-state index contributed by atoms with van der Waals surface area (Å²) in [6.07, 6.45) is 8.12. The van der Waals surface area contributed by atoms with Crippen molar-refractivity contribution < 1.29 is 19.1 Å². The first-order valence-corrected chi connectivity index (χ1v) is 9.51. The van der Waals surface area contributed by atoms with E-state index >= 15 is 0 Å². The lowest BCUT2D eigenvalue weighted by atomic mass is 9.61. The molecule has 1 fully saturated rings. The van der Waals surface area contributed by atoms with E-state index in [9.17, 15) is 14.4 Å². The van der Waals surface area contributed by atoms with E-state index < -0.39 is 29.2 Å². The quantitative estimate of drug-likeness (QED) is 0.579. The maximum absolute atomic E-state index is 13.5. The smallest absolute Gasteiger partial charge is 0.332 e. The molecule has 4 amide bonds. The van der Waals surface area contributed by atoms with Gasteiger partial charge in [0.15, 0.2) is 5.41 Å². The van der Waals surface area contributed by atoms with Crippen LogP contribution >= 0.6 is 0 Å². The van der Waals surface area contributed by atoms with Crippen LogP contribution in [0.25, 0.3) is 5.57 Å². The first-order chi connectivity index (χ1) is 13.4. The van der Waals surface area contributed by atoms with Gasteiger partial charge in [-0.2, -0.15) is 0 Å². The van der Waals surface area contributed by atoms with Gasteiger partial charge < -0.3 is 4.74 Å². The van der Waals surface area contributed by atoms with E-state index in [-0.39, 0.29) is 0 Å². The second-order valence-electron chi connectivity index (χ2n) is 7.25. The van der Waals surface area contributed by atoms with Crippen molar-refractivity contribution >= 4 is 23.4 Å². The largest absolute Gasteiger partial charge is 0.505 e. The number of methoxy groups -OCH3 is 1. The maximum Gasteiger partial charge on any atom is 0.332 e. The molecule has 0 saturated carbocycles. The fourth-order valence-corrected chi connectivity index (χ4v) is 4.20. The minimum Gasteiger partial charge on any atom is -0.505 e. The lowest BCUT2D eigenvalue weighted by molar-refractivity contribution is -0.152. The normalized spacial score (nSPS) is 21.4. The van der Waals surface area contributed by atoms with E-state index in [1.54, 1.807) is 6.08 Å². The Hall–Kier alpha value is -2.89. The third-order valence-electron chi connectivity index (χ3n) is 5.66. The Labute approximate surface area is 165 Å². The number of hydrogen-bond acceptors (Lipinski definition) is 4. The highest BCUT2D eigenvalue weighted by Gasteiger charge is 2.61. The molecular weight excluding hydrogens is 356 g/mol. The molecule has 1 aliphatic carbocycles. The van der Waals surface area contributed by atoms with Crippen molar-refractivity contribution in [3.63, 3.8) is 0 Å². The molecule has 6 heteroatoms. The number of ether oxygens (including phenoxy) is 1. The molecule has 0 aromatic heterocycles. The van der Waals surface area contributed by atoms with Crippen LogP contribution in [0.5, 0.6) is 0 Å². The van der Waals surface area contributed by atoms with Gasteiger partial charge in [0.1, 0.15) is 0 Å². The number of carbonyl (C=O) groups excluding carboxylic acids is 3. The summed E-state index contributed by atoms with van der Waals surface area (Å²) in [4.78, 5) is 41.4. The van der Waals surface area contributed by atoms with Crippen LogP contribution in [0.15, 0.2) is 42.7 Å². The van der Waals surface area contributed by atoms with Crippen molar-refractivity contribution in [1.29, 1.82) is 0 Å². The van der Waals surface area contributed by atoms with Gasteiger partial charge in [-0.15, -0.1) is 0 Å². The minimum atomic E-state index is -1.52. The zero-order valence-electron chi connectivity index (χ0n) is 16.8.